The molecule has 0 aliphatic carbocycles. The number of ether oxygens (including phenoxy) is 2. The van der Waals surface area contributed by atoms with E-state index in [1.165, 1.54) is 6.92 Å². The molecule has 2 aromatic carbocycles. The highest BCUT2D eigenvalue weighted by Gasteiger charge is 2.19. The Hall–Kier alpha value is -2.86. The number of hydrogen-bond acceptors (Lipinski definition) is 5. The summed E-state index contributed by atoms with van der Waals surface area (Å²) in [5.74, 6) is -0.621. The van der Waals surface area contributed by atoms with E-state index >= 15 is 0 Å². The van der Waals surface area contributed by atoms with Crippen LogP contribution in [0.15, 0.2) is 54.6 Å². The maximum absolute atomic E-state index is 11.8. The van der Waals surface area contributed by atoms with Crippen LogP contribution in [-0.4, -0.2) is 23.3 Å². The lowest BCUT2D eigenvalue weighted by molar-refractivity contribution is -0.153. The number of carbonyl (C=O) groups excluding carboxylic acids is 2. The van der Waals surface area contributed by atoms with Crippen molar-refractivity contribution in [1.29, 1.82) is 0 Å². The normalized spacial score (nSPS) is 11.4. The van der Waals surface area contributed by atoms with Crippen molar-refractivity contribution in [3.8, 4) is 0 Å². The van der Waals surface area contributed by atoms with Crippen LogP contribution in [0.1, 0.15) is 18.1 Å². The van der Waals surface area contributed by atoms with E-state index in [0.29, 0.717) is 5.69 Å². The number of nitrogens with one attached hydrogen (secondary N) is 1. The lowest BCUT2D eigenvalue weighted by atomic mass is 10.2. The van der Waals surface area contributed by atoms with E-state index in [1.54, 1.807) is 24.3 Å². The first-order valence-electron chi connectivity index (χ1n) is 7.46. The maximum atomic E-state index is 11.8. The Morgan fingerprint density at radius 2 is 1.71 bits per heavy atom. The topological polar surface area (TPSA) is 84.9 Å². The van der Waals surface area contributed by atoms with Gasteiger partial charge in [-0.1, -0.05) is 42.5 Å². The third-order valence-corrected chi connectivity index (χ3v) is 3.22. The van der Waals surface area contributed by atoms with Gasteiger partial charge in [0.25, 0.3) is 0 Å². The van der Waals surface area contributed by atoms with Crippen molar-refractivity contribution in [3.63, 3.8) is 0 Å². The highest BCUT2D eigenvalue weighted by atomic mass is 16.6. The second-order valence-corrected chi connectivity index (χ2v) is 5.12. The van der Waals surface area contributed by atoms with Gasteiger partial charge in [0.2, 0.25) is 0 Å². The zero-order chi connectivity index (χ0) is 17.4. The fraction of sp³-hybridized carbons (Fsp3) is 0.222. The predicted octanol–water partition coefficient (Wildman–Crippen LogP) is 2.86. The molecule has 0 aliphatic heterocycles. The van der Waals surface area contributed by atoms with Crippen LogP contribution in [0.25, 0.3) is 0 Å². The smallest absolute Gasteiger partial charge is 0.412 e. The molecule has 1 atom stereocenters. The third kappa shape index (κ3) is 5.40. The Kier molecular flexibility index (Phi) is 6.33. The quantitative estimate of drug-likeness (QED) is 0.796. The molecule has 0 radical (unpaired) electrons. The minimum absolute atomic E-state index is 0.0744. The van der Waals surface area contributed by atoms with E-state index in [2.05, 4.69) is 5.32 Å². The lowest BCUT2D eigenvalue weighted by Gasteiger charge is -2.13. The lowest BCUT2D eigenvalue weighted by Crippen LogP contribution is -2.28. The number of hydrogen-bond donors (Lipinski definition) is 2. The fourth-order valence-corrected chi connectivity index (χ4v) is 1.90. The molecule has 0 heterocycles. The van der Waals surface area contributed by atoms with E-state index in [0.717, 1.165) is 11.1 Å². The highest BCUT2D eigenvalue weighted by Crippen LogP contribution is 2.10. The minimum Gasteiger partial charge on any atom is -0.458 e. The molecule has 1 amide bonds. The van der Waals surface area contributed by atoms with Crippen LogP contribution >= 0.6 is 0 Å². The third-order valence-electron chi connectivity index (χ3n) is 3.22. The summed E-state index contributed by atoms with van der Waals surface area (Å²) in [6.07, 6.45) is -1.78. The molecule has 6 nitrogen and oxygen atoms in total. The molecule has 0 bridgehead atoms. The fourth-order valence-electron chi connectivity index (χ4n) is 1.90. The number of amides is 1. The minimum atomic E-state index is -1.02. The molecular weight excluding hydrogens is 310 g/mol. The molecule has 2 N–H and O–H groups in total. The van der Waals surface area contributed by atoms with Gasteiger partial charge in [0, 0.05) is 5.69 Å². The Morgan fingerprint density at radius 3 is 2.33 bits per heavy atom. The molecule has 6 heteroatoms. The summed E-state index contributed by atoms with van der Waals surface area (Å²) in [6, 6.07) is 15.8. The molecule has 0 saturated carbocycles. The maximum Gasteiger partial charge on any atom is 0.412 e. The average molecular weight is 329 g/mol. The van der Waals surface area contributed by atoms with E-state index in [1.807, 2.05) is 30.3 Å². The molecule has 0 saturated heterocycles. The summed E-state index contributed by atoms with van der Waals surface area (Å²) >= 11 is 0. The summed E-state index contributed by atoms with van der Waals surface area (Å²) in [6.45, 7) is 1.49. The number of aliphatic hydroxyl groups is 1. The zero-order valence-electron chi connectivity index (χ0n) is 13.3. The van der Waals surface area contributed by atoms with Gasteiger partial charge >= 0.3 is 12.1 Å². The van der Waals surface area contributed by atoms with Gasteiger partial charge in [0.05, 0.1) is 6.61 Å². The number of aliphatic hydroxyl groups excluding tert-OH is 1. The van der Waals surface area contributed by atoms with Crippen LogP contribution in [0, 0.1) is 0 Å². The summed E-state index contributed by atoms with van der Waals surface area (Å²) in [5.41, 5.74) is 2.08. The van der Waals surface area contributed by atoms with Crippen molar-refractivity contribution >= 4 is 17.7 Å². The largest absolute Gasteiger partial charge is 0.458 e. The van der Waals surface area contributed by atoms with E-state index in [4.69, 9.17) is 14.6 Å². The Labute approximate surface area is 140 Å². The number of anilines is 1. The first-order chi connectivity index (χ1) is 11.6. The molecule has 2 aromatic rings. The molecule has 2 rings (SSSR count). The number of benzene rings is 2. The van der Waals surface area contributed by atoms with Crippen LogP contribution in [0.2, 0.25) is 0 Å². The summed E-state index contributed by atoms with van der Waals surface area (Å²) in [4.78, 5) is 23.6. The van der Waals surface area contributed by atoms with E-state index in [-0.39, 0.29) is 13.2 Å². The first-order valence-corrected chi connectivity index (χ1v) is 7.46. The Morgan fingerprint density at radius 1 is 1.04 bits per heavy atom. The van der Waals surface area contributed by atoms with Crippen molar-refractivity contribution in [2.75, 3.05) is 5.32 Å². The number of esters is 1. The van der Waals surface area contributed by atoms with Gasteiger partial charge in [-0.15, -0.1) is 0 Å². The van der Waals surface area contributed by atoms with Crippen molar-refractivity contribution in [2.45, 2.75) is 26.2 Å². The van der Waals surface area contributed by atoms with E-state index in [9.17, 15) is 9.59 Å². The molecule has 0 unspecified atom stereocenters. The predicted molar refractivity (Wildman–Crippen MR) is 88.2 cm³/mol. The monoisotopic (exact) mass is 329 g/mol. The van der Waals surface area contributed by atoms with Gasteiger partial charge in [-0.2, -0.15) is 0 Å². The molecular formula is C18H19NO5. The second kappa shape index (κ2) is 8.69. The Bertz CT molecular complexity index is 670. The zero-order valence-corrected chi connectivity index (χ0v) is 13.3. The van der Waals surface area contributed by atoms with Gasteiger partial charge in [-0.05, 0) is 30.2 Å². The molecule has 126 valence electrons. The van der Waals surface area contributed by atoms with Gasteiger partial charge in [-0.25, -0.2) is 9.59 Å². The molecule has 0 fully saturated rings. The van der Waals surface area contributed by atoms with Crippen LogP contribution in [-0.2, 0) is 27.5 Å². The average Bonchev–Trinajstić information content (AvgIpc) is 2.61. The number of carbonyl (C=O) groups is 2. The Balaban J connectivity index is 1.78. The molecule has 0 spiro atoms. The SMILES string of the molecule is C[C@H](OC(=O)Nc1ccc(CO)cc1)C(=O)OCc1ccccc1. The van der Waals surface area contributed by atoms with Crippen LogP contribution in [0.3, 0.4) is 0 Å². The standard InChI is InChI=1S/C18H19NO5/c1-13(17(21)23-12-15-5-3-2-4-6-15)24-18(22)19-16-9-7-14(11-20)8-10-16/h2-10,13,20H,11-12H2,1H3,(H,19,22)/t13-/m0/s1. The van der Waals surface area contributed by atoms with Gasteiger partial charge in [-0.3, -0.25) is 5.32 Å². The second-order valence-electron chi connectivity index (χ2n) is 5.12. The summed E-state index contributed by atoms with van der Waals surface area (Å²) in [5, 5.41) is 11.5. The first kappa shape index (κ1) is 17.5. The van der Waals surface area contributed by atoms with Gasteiger partial charge in [0.1, 0.15) is 6.61 Å². The highest BCUT2D eigenvalue weighted by molar-refractivity contribution is 5.87. The summed E-state index contributed by atoms with van der Waals surface area (Å²) in [7, 11) is 0. The van der Waals surface area contributed by atoms with E-state index < -0.39 is 18.2 Å². The van der Waals surface area contributed by atoms with Gasteiger partial charge in [0.15, 0.2) is 6.10 Å². The molecule has 24 heavy (non-hydrogen) atoms. The van der Waals surface area contributed by atoms with Crippen molar-refractivity contribution in [2.24, 2.45) is 0 Å². The van der Waals surface area contributed by atoms with Crippen LogP contribution in [0.4, 0.5) is 10.5 Å². The van der Waals surface area contributed by atoms with Gasteiger partial charge < -0.3 is 14.6 Å². The number of rotatable bonds is 6. The summed E-state index contributed by atoms with van der Waals surface area (Å²) < 4.78 is 10.1. The van der Waals surface area contributed by atoms with Crippen molar-refractivity contribution in [3.05, 3.63) is 65.7 Å². The molecule has 0 aromatic heterocycles. The van der Waals surface area contributed by atoms with Crippen LogP contribution < -0.4 is 5.32 Å². The van der Waals surface area contributed by atoms with Crippen molar-refractivity contribution in [1.82, 2.24) is 0 Å². The molecule has 0 aliphatic rings. The van der Waals surface area contributed by atoms with Crippen LogP contribution in [0.5, 0.6) is 0 Å². The van der Waals surface area contributed by atoms with Crippen molar-refractivity contribution < 1.29 is 24.2 Å².